The molecule has 1 aromatic carbocycles. The van der Waals surface area contributed by atoms with Gasteiger partial charge in [-0.3, -0.25) is 9.59 Å². The first-order chi connectivity index (χ1) is 10.1. The number of benzene rings is 1. The highest BCUT2D eigenvalue weighted by Crippen LogP contribution is 2.49. The molecule has 112 valence electrons. The average Bonchev–Trinajstić information content (AvgIpc) is 3.08. The van der Waals surface area contributed by atoms with Gasteiger partial charge in [-0.05, 0) is 43.9 Å². The molecule has 0 amide bonds. The van der Waals surface area contributed by atoms with Crippen molar-refractivity contribution >= 4 is 11.8 Å². The van der Waals surface area contributed by atoms with E-state index in [4.69, 9.17) is 4.74 Å². The zero-order valence-corrected chi connectivity index (χ0v) is 12.5. The number of ketones is 1. The second kappa shape index (κ2) is 6.00. The zero-order chi connectivity index (χ0) is 14.8. The van der Waals surface area contributed by atoms with Gasteiger partial charge in [0.1, 0.15) is 0 Å². The predicted octanol–water partition coefficient (Wildman–Crippen LogP) is 3.55. The van der Waals surface area contributed by atoms with Gasteiger partial charge in [0.05, 0.1) is 0 Å². The summed E-state index contributed by atoms with van der Waals surface area (Å²) in [5, 5.41) is 0. The molecule has 0 unspecified atom stereocenters. The molecular formula is C18H22O3. The minimum absolute atomic E-state index is 0.128. The maximum atomic E-state index is 11.9. The van der Waals surface area contributed by atoms with Gasteiger partial charge in [-0.2, -0.15) is 0 Å². The van der Waals surface area contributed by atoms with Gasteiger partial charge in [0.25, 0.3) is 0 Å². The Morgan fingerprint density at radius 1 is 1.14 bits per heavy atom. The Morgan fingerprint density at radius 2 is 1.90 bits per heavy atom. The molecule has 3 heteroatoms. The number of hydrogen-bond acceptors (Lipinski definition) is 3. The van der Waals surface area contributed by atoms with Crippen molar-refractivity contribution in [1.29, 1.82) is 0 Å². The van der Waals surface area contributed by atoms with Crippen LogP contribution in [0, 0.1) is 24.7 Å². The number of Topliss-reactive ketones (excluding diaryl/α,β-unsaturated/α-hetero) is 1. The Hall–Kier alpha value is -1.64. The summed E-state index contributed by atoms with van der Waals surface area (Å²) in [5.74, 6) is 1.70. The van der Waals surface area contributed by atoms with Gasteiger partial charge in [-0.15, -0.1) is 0 Å². The van der Waals surface area contributed by atoms with E-state index >= 15 is 0 Å². The van der Waals surface area contributed by atoms with Crippen molar-refractivity contribution in [1.82, 2.24) is 0 Å². The molecule has 0 aromatic heterocycles. The fourth-order valence-corrected chi connectivity index (χ4v) is 3.87. The number of esters is 1. The van der Waals surface area contributed by atoms with Crippen LogP contribution in [0.25, 0.3) is 0 Å². The number of fused-ring (bicyclic) bond motifs is 2. The molecule has 0 radical (unpaired) electrons. The van der Waals surface area contributed by atoms with Crippen molar-refractivity contribution < 1.29 is 14.3 Å². The first-order valence-corrected chi connectivity index (χ1v) is 7.87. The molecule has 3 atom stereocenters. The van der Waals surface area contributed by atoms with Crippen molar-refractivity contribution in [3.8, 4) is 0 Å². The lowest BCUT2D eigenvalue weighted by atomic mass is 9.86. The fraction of sp³-hybridized carbons (Fsp3) is 0.556. The topological polar surface area (TPSA) is 43.4 Å². The van der Waals surface area contributed by atoms with Gasteiger partial charge >= 0.3 is 5.97 Å². The summed E-state index contributed by atoms with van der Waals surface area (Å²) < 4.78 is 5.17. The van der Waals surface area contributed by atoms with Gasteiger partial charge in [-0.25, -0.2) is 0 Å². The SMILES string of the molecule is Cc1ccc(C(=O)COC(=O)C[C@H]2C[C@@H]3CC[C@@H]2C3)cc1. The van der Waals surface area contributed by atoms with E-state index in [-0.39, 0.29) is 18.4 Å². The molecule has 2 aliphatic rings. The average molecular weight is 286 g/mol. The highest BCUT2D eigenvalue weighted by Gasteiger charge is 2.40. The minimum Gasteiger partial charge on any atom is -0.457 e. The van der Waals surface area contributed by atoms with Crippen LogP contribution in [0.5, 0.6) is 0 Å². The number of carbonyl (C=O) groups excluding carboxylic acids is 2. The van der Waals surface area contributed by atoms with Gasteiger partial charge < -0.3 is 4.74 Å². The van der Waals surface area contributed by atoms with Crippen LogP contribution in [0.3, 0.4) is 0 Å². The Kier molecular flexibility index (Phi) is 4.09. The molecule has 21 heavy (non-hydrogen) atoms. The summed E-state index contributed by atoms with van der Waals surface area (Å²) in [6.07, 6.45) is 5.56. The van der Waals surface area contributed by atoms with Crippen LogP contribution in [0.2, 0.25) is 0 Å². The largest absolute Gasteiger partial charge is 0.457 e. The second-order valence-electron chi connectivity index (χ2n) is 6.59. The summed E-state index contributed by atoms with van der Waals surface area (Å²) >= 11 is 0. The van der Waals surface area contributed by atoms with Gasteiger partial charge in [-0.1, -0.05) is 36.2 Å². The first-order valence-electron chi connectivity index (χ1n) is 7.87. The number of aryl methyl sites for hydroxylation is 1. The zero-order valence-electron chi connectivity index (χ0n) is 12.5. The van der Waals surface area contributed by atoms with E-state index in [0.29, 0.717) is 17.9 Å². The third-order valence-corrected chi connectivity index (χ3v) is 5.05. The lowest BCUT2D eigenvalue weighted by Gasteiger charge is -2.20. The Bertz CT molecular complexity index is 532. The molecule has 3 rings (SSSR count). The van der Waals surface area contributed by atoms with Crippen LogP contribution in [0.1, 0.15) is 48.0 Å². The van der Waals surface area contributed by atoms with E-state index in [0.717, 1.165) is 17.4 Å². The van der Waals surface area contributed by atoms with Crippen molar-refractivity contribution in [2.75, 3.05) is 6.61 Å². The Morgan fingerprint density at radius 3 is 2.52 bits per heavy atom. The molecule has 0 saturated heterocycles. The van der Waals surface area contributed by atoms with Crippen molar-refractivity contribution in [3.05, 3.63) is 35.4 Å². The predicted molar refractivity (Wildman–Crippen MR) is 80.0 cm³/mol. The molecule has 2 bridgehead atoms. The molecule has 2 aliphatic carbocycles. The Labute approximate surface area is 125 Å². The molecule has 2 saturated carbocycles. The van der Waals surface area contributed by atoms with Crippen molar-refractivity contribution in [2.24, 2.45) is 17.8 Å². The van der Waals surface area contributed by atoms with E-state index in [9.17, 15) is 9.59 Å². The van der Waals surface area contributed by atoms with E-state index in [1.165, 1.54) is 25.7 Å². The Balaban J connectivity index is 1.45. The molecule has 0 heterocycles. The van der Waals surface area contributed by atoms with Crippen molar-refractivity contribution in [3.63, 3.8) is 0 Å². The van der Waals surface area contributed by atoms with Gasteiger partial charge in [0.15, 0.2) is 12.4 Å². The van der Waals surface area contributed by atoms with E-state index < -0.39 is 0 Å². The number of carbonyl (C=O) groups is 2. The lowest BCUT2D eigenvalue weighted by Crippen LogP contribution is -2.19. The van der Waals surface area contributed by atoms with Crippen LogP contribution in [0.15, 0.2) is 24.3 Å². The molecule has 2 fully saturated rings. The lowest BCUT2D eigenvalue weighted by molar-refractivity contribution is -0.144. The van der Waals surface area contributed by atoms with E-state index in [1.54, 1.807) is 12.1 Å². The van der Waals surface area contributed by atoms with Crippen LogP contribution in [0.4, 0.5) is 0 Å². The molecule has 3 nitrogen and oxygen atoms in total. The first kappa shape index (κ1) is 14.3. The third kappa shape index (κ3) is 3.34. The summed E-state index contributed by atoms with van der Waals surface area (Å²) in [5.41, 5.74) is 1.72. The van der Waals surface area contributed by atoms with Crippen LogP contribution < -0.4 is 0 Å². The van der Waals surface area contributed by atoms with Crippen LogP contribution >= 0.6 is 0 Å². The monoisotopic (exact) mass is 286 g/mol. The van der Waals surface area contributed by atoms with E-state index in [1.807, 2.05) is 19.1 Å². The van der Waals surface area contributed by atoms with Gasteiger partial charge in [0, 0.05) is 12.0 Å². The smallest absolute Gasteiger partial charge is 0.306 e. The number of rotatable bonds is 5. The van der Waals surface area contributed by atoms with Gasteiger partial charge in [0.2, 0.25) is 0 Å². The highest BCUT2D eigenvalue weighted by atomic mass is 16.5. The molecular weight excluding hydrogens is 264 g/mol. The van der Waals surface area contributed by atoms with E-state index in [2.05, 4.69) is 0 Å². The summed E-state index contributed by atoms with van der Waals surface area (Å²) in [7, 11) is 0. The minimum atomic E-state index is -0.215. The summed E-state index contributed by atoms with van der Waals surface area (Å²) in [6.45, 7) is 1.84. The highest BCUT2D eigenvalue weighted by molar-refractivity contribution is 5.97. The normalized spacial score (nSPS) is 26.8. The second-order valence-corrected chi connectivity index (χ2v) is 6.59. The summed E-state index contributed by atoms with van der Waals surface area (Å²) in [4.78, 5) is 23.8. The standard InChI is InChI=1S/C18H22O3/c1-12-2-5-14(6-3-12)17(19)11-21-18(20)10-16-9-13-4-7-15(16)8-13/h2-3,5-6,13,15-16H,4,7-11H2,1H3/t13-,15-,16-/m1/s1. The molecule has 0 aliphatic heterocycles. The quantitative estimate of drug-likeness (QED) is 0.614. The number of hydrogen-bond donors (Lipinski definition) is 0. The molecule has 0 N–H and O–H groups in total. The third-order valence-electron chi connectivity index (χ3n) is 5.05. The fourth-order valence-electron chi connectivity index (χ4n) is 3.87. The maximum absolute atomic E-state index is 11.9. The molecule has 0 spiro atoms. The maximum Gasteiger partial charge on any atom is 0.306 e. The van der Waals surface area contributed by atoms with Crippen LogP contribution in [-0.4, -0.2) is 18.4 Å². The summed E-state index contributed by atoms with van der Waals surface area (Å²) in [6, 6.07) is 7.34. The van der Waals surface area contributed by atoms with Crippen LogP contribution in [-0.2, 0) is 9.53 Å². The van der Waals surface area contributed by atoms with Crippen molar-refractivity contribution in [2.45, 2.75) is 39.0 Å². The molecule has 1 aromatic rings. The number of ether oxygens (including phenoxy) is 1.